The number of anilines is 1. The van der Waals surface area contributed by atoms with E-state index in [1.54, 1.807) is 19.1 Å². The first-order valence-electron chi connectivity index (χ1n) is 6.45. The van der Waals surface area contributed by atoms with E-state index in [9.17, 15) is 17.6 Å². The van der Waals surface area contributed by atoms with Crippen LogP contribution in [0.15, 0.2) is 41.3 Å². The summed E-state index contributed by atoms with van der Waals surface area (Å²) in [5.74, 6) is -1.94. The molecule has 0 amide bonds. The molecule has 0 aromatic heterocycles. The summed E-state index contributed by atoms with van der Waals surface area (Å²) < 4.78 is 45.4. The number of aryl methyl sites for hydroxylation is 1. The quantitative estimate of drug-likeness (QED) is 0.873. The van der Waals surface area contributed by atoms with Gasteiger partial charge in [-0.2, -0.15) is 0 Å². The summed E-state index contributed by atoms with van der Waals surface area (Å²) in [5.41, 5.74) is 0.293. The van der Waals surface area contributed by atoms with Crippen LogP contribution in [0, 0.1) is 12.7 Å². The lowest BCUT2D eigenvalue weighted by atomic mass is 10.2. The highest BCUT2D eigenvalue weighted by Crippen LogP contribution is 2.24. The molecule has 0 radical (unpaired) electrons. The smallest absolute Gasteiger partial charge is 0.338 e. The Kier molecular flexibility index (Phi) is 4.55. The van der Waals surface area contributed by atoms with Crippen LogP contribution in [0.25, 0.3) is 0 Å². The Hall–Kier alpha value is -2.61. The first-order valence-corrected chi connectivity index (χ1v) is 7.93. The van der Waals surface area contributed by atoms with Crippen molar-refractivity contribution in [3.63, 3.8) is 0 Å². The number of nitrogens with one attached hydrogen (secondary N) is 1. The van der Waals surface area contributed by atoms with Crippen molar-refractivity contribution in [3.8, 4) is 5.75 Å². The fraction of sp³-hybridized carbons (Fsp3) is 0.133. The van der Waals surface area contributed by atoms with Gasteiger partial charge in [-0.25, -0.2) is 17.6 Å². The number of carboxylic acid groups (broad SMARTS) is 1. The lowest BCUT2D eigenvalue weighted by Gasteiger charge is -2.11. The van der Waals surface area contributed by atoms with Crippen molar-refractivity contribution in [1.82, 2.24) is 0 Å². The predicted octanol–water partition coefficient (Wildman–Crippen LogP) is 2.64. The van der Waals surface area contributed by atoms with Crippen LogP contribution >= 0.6 is 0 Å². The zero-order valence-electron chi connectivity index (χ0n) is 12.3. The summed E-state index contributed by atoms with van der Waals surface area (Å²) in [4.78, 5) is 10.6. The van der Waals surface area contributed by atoms with Gasteiger partial charge in [-0.05, 0) is 48.9 Å². The van der Waals surface area contributed by atoms with Crippen molar-refractivity contribution in [2.45, 2.75) is 11.8 Å². The zero-order valence-corrected chi connectivity index (χ0v) is 13.1. The van der Waals surface area contributed by atoms with Gasteiger partial charge in [0.15, 0.2) is 0 Å². The molecule has 0 spiro atoms. The predicted molar refractivity (Wildman–Crippen MR) is 81.9 cm³/mol. The number of aromatic carboxylic acids is 1. The van der Waals surface area contributed by atoms with Crippen LogP contribution in [-0.2, 0) is 10.0 Å². The lowest BCUT2D eigenvalue weighted by molar-refractivity contribution is 0.0691. The molecule has 23 heavy (non-hydrogen) atoms. The van der Waals surface area contributed by atoms with E-state index in [0.717, 1.165) is 23.8 Å². The van der Waals surface area contributed by atoms with E-state index in [-0.39, 0.29) is 10.6 Å². The molecule has 0 saturated heterocycles. The average molecular weight is 339 g/mol. The van der Waals surface area contributed by atoms with Crippen molar-refractivity contribution in [1.29, 1.82) is 0 Å². The minimum absolute atomic E-state index is 0.282. The Morgan fingerprint density at radius 1 is 1.22 bits per heavy atom. The summed E-state index contributed by atoms with van der Waals surface area (Å²) in [5, 5.41) is 8.87. The highest BCUT2D eigenvalue weighted by Gasteiger charge is 2.19. The molecule has 2 N–H and O–H groups in total. The molecule has 122 valence electrons. The van der Waals surface area contributed by atoms with Crippen molar-refractivity contribution in [3.05, 3.63) is 53.3 Å². The second kappa shape index (κ2) is 6.25. The maximum atomic E-state index is 13.4. The van der Waals surface area contributed by atoms with Crippen molar-refractivity contribution in [2.75, 3.05) is 11.8 Å². The van der Waals surface area contributed by atoms with Gasteiger partial charge in [-0.3, -0.25) is 4.72 Å². The zero-order chi connectivity index (χ0) is 17.2. The molecule has 0 aliphatic rings. The third-order valence-corrected chi connectivity index (χ3v) is 4.50. The monoisotopic (exact) mass is 339 g/mol. The van der Waals surface area contributed by atoms with Crippen LogP contribution in [0.2, 0.25) is 0 Å². The molecule has 0 aliphatic carbocycles. The fourth-order valence-electron chi connectivity index (χ4n) is 1.99. The van der Waals surface area contributed by atoms with Gasteiger partial charge in [0.2, 0.25) is 0 Å². The third-order valence-electron chi connectivity index (χ3n) is 3.13. The molecular formula is C15H14FNO5S. The van der Waals surface area contributed by atoms with Crippen LogP contribution in [-0.4, -0.2) is 26.6 Å². The van der Waals surface area contributed by atoms with Crippen LogP contribution in [0.3, 0.4) is 0 Å². The molecule has 0 atom stereocenters. The van der Waals surface area contributed by atoms with E-state index in [4.69, 9.17) is 9.84 Å². The highest BCUT2D eigenvalue weighted by atomic mass is 32.2. The molecule has 2 rings (SSSR count). The SMILES string of the molecule is COc1ccc(NS(=O)(=O)c2ccc(F)c(C(=O)O)c2)cc1C. The minimum Gasteiger partial charge on any atom is -0.496 e. The van der Waals surface area contributed by atoms with Crippen molar-refractivity contribution >= 4 is 21.7 Å². The van der Waals surface area contributed by atoms with Crippen molar-refractivity contribution < 1.29 is 27.4 Å². The van der Waals surface area contributed by atoms with Crippen LogP contribution in [0.1, 0.15) is 15.9 Å². The second-order valence-electron chi connectivity index (χ2n) is 4.74. The molecule has 0 heterocycles. The number of carbonyl (C=O) groups is 1. The van der Waals surface area contributed by atoms with Crippen LogP contribution < -0.4 is 9.46 Å². The summed E-state index contributed by atoms with van der Waals surface area (Å²) >= 11 is 0. The fourth-order valence-corrected chi connectivity index (χ4v) is 3.07. The standard InChI is InChI=1S/C15H14FNO5S/c1-9-7-10(3-6-14(9)22-2)17-23(20,21)11-4-5-13(16)12(8-11)15(18)19/h3-8,17H,1-2H3,(H,18,19). The van der Waals surface area contributed by atoms with Gasteiger partial charge < -0.3 is 9.84 Å². The maximum absolute atomic E-state index is 13.4. The minimum atomic E-state index is -4.04. The summed E-state index contributed by atoms with van der Waals surface area (Å²) in [6, 6.07) is 7.25. The van der Waals surface area contributed by atoms with E-state index >= 15 is 0 Å². The Labute approximate surface area is 132 Å². The van der Waals surface area contributed by atoms with E-state index in [0.29, 0.717) is 5.75 Å². The normalized spacial score (nSPS) is 11.1. The Morgan fingerprint density at radius 3 is 2.48 bits per heavy atom. The average Bonchev–Trinajstić information content (AvgIpc) is 2.47. The van der Waals surface area contributed by atoms with Gasteiger partial charge in [0, 0.05) is 5.69 Å². The Morgan fingerprint density at radius 2 is 1.91 bits per heavy atom. The molecule has 2 aromatic rings. The molecule has 0 aliphatic heterocycles. The van der Waals surface area contributed by atoms with Crippen LogP contribution in [0.5, 0.6) is 5.75 Å². The number of rotatable bonds is 5. The van der Waals surface area contributed by atoms with E-state index in [1.165, 1.54) is 13.2 Å². The van der Waals surface area contributed by atoms with Gasteiger partial charge in [0.1, 0.15) is 11.6 Å². The van der Waals surface area contributed by atoms with Gasteiger partial charge in [-0.15, -0.1) is 0 Å². The molecule has 8 heteroatoms. The molecule has 0 saturated carbocycles. The second-order valence-corrected chi connectivity index (χ2v) is 6.42. The van der Waals surface area contributed by atoms with Crippen LogP contribution in [0.4, 0.5) is 10.1 Å². The first-order chi connectivity index (χ1) is 10.7. The number of sulfonamides is 1. The lowest BCUT2D eigenvalue weighted by Crippen LogP contribution is -2.14. The number of carboxylic acids is 1. The van der Waals surface area contributed by atoms with E-state index in [1.807, 2.05) is 0 Å². The number of hydrogen-bond acceptors (Lipinski definition) is 4. The number of hydrogen-bond donors (Lipinski definition) is 2. The summed E-state index contributed by atoms with van der Waals surface area (Å²) in [7, 11) is -2.55. The summed E-state index contributed by atoms with van der Waals surface area (Å²) in [6.45, 7) is 1.75. The van der Waals surface area contributed by atoms with Gasteiger partial charge >= 0.3 is 5.97 Å². The van der Waals surface area contributed by atoms with Crippen molar-refractivity contribution in [2.24, 2.45) is 0 Å². The van der Waals surface area contributed by atoms with Gasteiger partial charge in [-0.1, -0.05) is 0 Å². The molecule has 0 bridgehead atoms. The third kappa shape index (κ3) is 3.59. The molecular weight excluding hydrogens is 325 g/mol. The number of halogens is 1. The van der Waals surface area contributed by atoms with E-state index < -0.39 is 27.4 Å². The van der Waals surface area contributed by atoms with Gasteiger partial charge in [0.05, 0.1) is 17.6 Å². The molecule has 0 unspecified atom stereocenters. The molecule has 6 nitrogen and oxygen atoms in total. The Bertz CT molecular complexity index is 864. The first kappa shape index (κ1) is 16.8. The molecule has 2 aromatic carbocycles. The number of methoxy groups -OCH3 is 1. The topological polar surface area (TPSA) is 92.7 Å². The largest absolute Gasteiger partial charge is 0.496 e. The Balaban J connectivity index is 2.37. The number of ether oxygens (including phenoxy) is 1. The maximum Gasteiger partial charge on any atom is 0.338 e. The van der Waals surface area contributed by atoms with E-state index in [2.05, 4.69) is 4.72 Å². The highest BCUT2D eigenvalue weighted by molar-refractivity contribution is 7.92. The van der Waals surface area contributed by atoms with Gasteiger partial charge in [0.25, 0.3) is 10.0 Å². The molecule has 0 fully saturated rings. The number of benzene rings is 2. The summed E-state index contributed by atoms with van der Waals surface area (Å²) in [6.07, 6.45) is 0.